The number of cyclic esters (lactones) is 1. The molecule has 1 N–H and O–H groups in total. The number of nitrogens with zero attached hydrogens (tertiary/aromatic N) is 2. The van der Waals surface area contributed by atoms with Gasteiger partial charge in [0.25, 0.3) is 5.17 Å². The Bertz CT molecular complexity index is 671. The summed E-state index contributed by atoms with van der Waals surface area (Å²) in [6.07, 6.45) is -0.858. The first-order chi connectivity index (χ1) is 12.6. The Morgan fingerprint density at radius 2 is 2.23 bits per heavy atom. The number of rotatable bonds is 5. The maximum Gasteiger partial charge on any atom is 0.414 e. The molecule has 1 aromatic carbocycles. The van der Waals surface area contributed by atoms with Crippen molar-refractivity contribution in [2.45, 2.75) is 13.0 Å². The Morgan fingerprint density at radius 3 is 2.92 bits per heavy atom. The summed E-state index contributed by atoms with van der Waals surface area (Å²) in [4.78, 5) is 15.6. The molecule has 9 heteroatoms. The molecule has 3 rings (SSSR count). The molecule has 2 aliphatic heterocycles. The van der Waals surface area contributed by atoms with E-state index in [1.54, 1.807) is 12.1 Å². The molecule has 1 atom stereocenters. The van der Waals surface area contributed by atoms with Crippen LogP contribution in [0.15, 0.2) is 18.2 Å². The van der Waals surface area contributed by atoms with Crippen LogP contribution in [0.3, 0.4) is 0 Å². The van der Waals surface area contributed by atoms with Gasteiger partial charge in [0, 0.05) is 24.6 Å². The van der Waals surface area contributed by atoms with Crippen LogP contribution in [-0.4, -0.2) is 61.7 Å². The predicted octanol–water partition coefficient (Wildman–Crippen LogP) is 2.62. The van der Waals surface area contributed by atoms with Gasteiger partial charge in [-0.1, -0.05) is 0 Å². The Balaban J connectivity index is 1.62. The second kappa shape index (κ2) is 8.77. The average Bonchev–Trinajstić information content (AvgIpc) is 3.02. The van der Waals surface area contributed by atoms with Gasteiger partial charge in [0.15, 0.2) is 0 Å². The van der Waals surface area contributed by atoms with E-state index in [1.165, 1.54) is 11.0 Å². The third-order valence-electron chi connectivity index (χ3n) is 4.22. The van der Waals surface area contributed by atoms with Gasteiger partial charge in [-0.2, -0.15) is 11.8 Å². The number of amides is 1. The van der Waals surface area contributed by atoms with E-state index in [9.17, 15) is 9.18 Å². The molecule has 1 unspecified atom stereocenters. The Labute approximate surface area is 162 Å². The SMILES string of the molecule is CCOC(=S)NCC1CN(c2ccc(N3CCSCC3)c(F)c2)C(=O)O1. The normalized spacial score (nSPS) is 20.1. The summed E-state index contributed by atoms with van der Waals surface area (Å²) >= 11 is 6.87. The van der Waals surface area contributed by atoms with Gasteiger partial charge >= 0.3 is 6.09 Å². The molecule has 0 radical (unpaired) electrons. The zero-order chi connectivity index (χ0) is 18.5. The van der Waals surface area contributed by atoms with E-state index in [4.69, 9.17) is 21.7 Å². The first-order valence-corrected chi connectivity index (χ1v) is 10.2. The monoisotopic (exact) mass is 399 g/mol. The molecule has 2 fully saturated rings. The number of hydrogen-bond acceptors (Lipinski definition) is 6. The quantitative estimate of drug-likeness (QED) is 0.764. The van der Waals surface area contributed by atoms with Crippen LogP contribution in [0.4, 0.5) is 20.6 Å². The van der Waals surface area contributed by atoms with Crippen LogP contribution in [0.5, 0.6) is 0 Å². The summed E-state index contributed by atoms with van der Waals surface area (Å²) in [5, 5.41) is 3.18. The van der Waals surface area contributed by atoms with Gasteiger partial charge < -0.3 is 19.7 Å². The highest BCUT2D eigenvalue weighted by Crippen LogP contribution is 2.29. The molecule has 0 bridgehead atoms. The fraction of sp³-hybridized carbons (Fsp3) is 0.529. The zero-order valence-electron chi connectivity index (χ0n) is 14.6. The van der Waals surface area contributed by atoms with Crippen molar-refractivity contribution in [2.24, 2.45) is 0 Å². The molecular formula is C17H22FN3O3S2. The van der Waals surface area contributed by atoms with Crippen LogP contribution in [-0.2, 0) is 9.47 Å². The molecule has 0 aromatic heterocycles. The van der Waals surface area contributed by atoms with Crippen LogP contribution in [0.25, 0.3) is 0 Å². The minimum Gasteiger partial charge on any atom is -0.471 e. The lowest BCUT2D eigenvalue weighted by Crippen LogP contribution is -2.35. The number of nitrogens with one attached hydrogen (secondary N) is 1. The number of halogens is 1. The molecule has 2 saturated heterocycles. The number of carbonyl (C=O) groups is 1. The van der Waals surface area contributed by atoms with Gasteiger partial charge in [-0.05, 0) is 37.3 Å². The third-order valence-corrected chi connectivity index (χ3v) is 5.42. The molecule has 0 aliphatic carbocycles. The van der Waals surface area contributed by atoms with E-state index >= 15 is 0 Å². The fourth-order valence-corrected chi connectivity index (χ4v) is 4.05. The predicted molar refractivity (Wildman–Crippen MR) is 106 cm³/mol. The van der Waals surface area contributed by atoms with Gasteiger partial charge in [0.2, 0.25) is 0 Å². The zero-order valence-corrected chi connectivity index (χ0v) is 16.2. The van der Waals surface area contributed by atoms with E-state index in [0.717, 1.165) is 24.6 Å². The second-order valence-electron chi connectivity index (χ2n) is 5.95. The van der Waals surface area contributed by atoms with Crippen LogP contribution < -0.4 is 15.1 Å². The summed E-state index contributed by atoms with van der Waals surface area (Å²) in [5.74, 6) is 1.68. The summed E-state index contributed by atoms with van der Waals surface area (Å²) in [7, 11) is 0. The largest absolute Gasteiger partial charge is 0.471 e. The molecule has 1 aromatic rings. The van der Waals surface area contributed by atoms with Crippen molar-refractivity contribution in [3.05, 3.63) is 24.0 Å². The molecule has 1 amide bonds. The molecule has 0 saturated carbocycles. The van der Waals surface area contributed by atoms with Crippen molar-refractivity contribution < 1.29 is 18.7 Å². The maximum atomic E-state index is 14.6. The topological polar surface area (TPSA) is 54.0 Å². The van der Waals surface area contributed by atoms with Crippen molar-refractivity contribution in [1.29, 1.82) is 0 Å². The molecule has 6 nitrogen and oxygen atoms in total. The van der Waals surface area contributed by atoms with E-state index in [1.807, 2.05) is 23.6 Å². The van der Waals surface area contributed by atoms with Gasteiger partial charge in [-0.25, -0.2) is 9.18 Å². The van der Waals surface area contributed by atoms with Crippen LogP contribution in [0.2, 0.25) is 0 Å². The lowest BCUT2D eigenvalue weighted by atomic mass is 10.2. The third kappa shape index (κ3) is 4.50. The maximum absolute atomic E-state index is 14.6. The molecule has 2 heterocycles. The van der Waals surface area contributed by atoms with E-state index in [0.29, 0.717) is 31.1 Å². The fourth-order valence-electron chi connectivity index (χ4n) is 2.94. The Morgan fingerprint density at radius 1 is 1.46 bits per heavy atom. The van der Waals surface area contributed by atoms with Crippen molar-refractivity contribution in [3.8, 4) is 0 Å². The number of thioether (sulfide) groups is 1. The number of benzene rings is 1. The summed E-state index contributed by atoms with van der Waals surface area (Å²) in [6, 6.07) is 4.91. The van der Waals surface area contributed by atoms with E-state index < -0.39 is 6.09 Å². The molecule has 2 aliphatic rings. The van der Waals surface area contributed by atoms with Gasteiger partial charge in [0.05, 0.1) is 31.1 Å². The van der Waals surface area contributed by atoms with Crippen molar-refractivity contribution in [1.82, 2.24) is 5.32 Å². The van der Waals surface area contributed by atoms with Gasteiger partial charge in [-0.15, -0.1) is 0 Å². The first-order valence-electron chi connectivity index (χ1n) is 8.59. The summed E-state index contributed by atoms with van der Waals surface area (Å²) in [5.41, 5.74) is 1.08. The lowest BCUT2D eigenvalue weighted by molar-refractivity contribution is 0.141. The molecule has 142 valence electrons. The van der Waals surface area contributed by atoms with Gasteiger partial charge in [0.1, 0.15) is 11.9 Å². The number of thiocarbonyl (C=S) groups is 1. The highest BCUT2D eigenvalue weighted by atomic mass is 32.2. The van der Waals surface area contributed by atoms with Crippen molar-refractivity contribution in [3.63, 3.8) is 0 Å². The average molecular weight is 400 g/mol. The number of hydrogen-bond donors (Lipinski definition) is 1. The highest BCUT2D eigenvalue weighted by Gasteiger charge is 2.33. The second-order valence-corrected chi connectivity index (χ2v) is 7.55. The van der Waals surface area contributed by atoms with Crippen LogP contribution >= 0.6 is 24.0 Å². The van der Waals surface area contributed by atoms with Crippen LogP contribution in [0, 0.1) is 5.82 Å². The minimum atomic E-state index is -0.486. The number of carbonyl (C=O) groups excluding carboxylic acids is 1. The standard InChI is InChI=1S/C17H22FN3O3S2/c1-2-23-16(25)19-10-13-11-21(17(22)24-13)12-3-4-15(14(18)9-12)20-5-7-26-8-6-20/h3-4,9,13H,2,5-8,10-11H2,1H3,(H,19,25). The molecule has 0 spiro atoms. The number of anilines is 2. The summed E-state index contributed by atoms with van der Waals surface area (Å²) < 4.78 is 25.0. The highest BCUT2D eigenvalue weighted by molar-refractivity contribution is 7.99. The molecule has 26 heavy (non-hydrogen) atoms. The summed E-state index contributed by atoms with van der Waals surface area (Å²) in [6.45, 7) is 4.67. The molecular weight excluding hydrogens is 377 g/mol. The van der Waals surface area contributed by atoms with Crippen LogP contribution in [0.1, 0.15) is 6.92 Å². The van der Waals surface area contributed by atoms with Gasteiger partial charge in [-0.3, -0.25) is 4.90 Å². The Kier molecular flexibility index (Phi) is 6.42. The van der Waals surface area contributed by atoms with E-state index in [2.05, 4.69) is 5.32 Å². The smallest absolute Gasteiger partial charge is 0.414 e. The number of ether oxygens (including phenoxy) is 2. The Hall–Kier alpha value is -1.74. The first kappa shape index (κ1) is 19.0. The van der Waals surface area contributed by atoms with Crippen molar-refractivity contribution >= 4 is 46.6 Å². The van der Waals surface area contributed by atoms with E-state index in [-0.39, 0.29) is 17.1 Å². The lowest BCUT2D eigenvalue weighted by Gasteiger charge is -2.29. The van der Waals surface area contributed by atoms with Crippen molar-refractivity contribution in [2.75, 3.05) is 54.1 Å². The minimum absolute atomic E-state index is 0.275.